The molecule has 0 spiro atoms. The number of aliphatic hydroxyl groups excluding tert-OH is 1. The predicted octanol–water partition coefficient (Wildman–Crippen LogP) is 1.58. The smallest absolute Gasteiger partial charge is 0.124 e. The highest BCUT2D eigenvalue weighted by atomic mass is 19.1. The number of piperazine rings is 1. The molecule has 21 heavy (non-hydrogen) atoms. The minimum atomic E-state index is -0.370. The summed E-state index contributed by atoms with van der Waals surface area (Å²) >= 11 is 0. The van der Waals surface area contributed by atoms with Crippen LogP contribution >= 0.6 is 0 Å². The zero-order valence-corrected chi connectivity index (χ0v) is 12.6. The Morgan fingerprint density at radius 3 is 2.86 bits per heavy atom. The first-order chi connectivity index (χ1) is 9.99. The largest absolute Gasteiger partial charge is 0.392 e. The molecule has 2 rings (SSSR count). The fourth-order valence-electron chi connectivity index (χ4n) is 2.86. The standard InChI is InChI=1S/C16H22FN3O/c1-12-9-19(5-6-20(12)10-13(2)21)11-14-3-4-16(17)7-15(14)8-18/h3-4,7,12-13,21H,5-6,9-11H2,1-2H3. The second kappa shape index (κ2) is 6.99. The van der Waals surface area contributed by atoms with Crippen LogP contribution in [0.5, 0.6) is 0 Å². The molecular weight excluding hydrogens is 269 g/mol. The third-order valence-electron chi connectivity index (χ3n) is 3.93. The van der Waals surface area contributed by atoms with Gasteiger partial charge in [-0.05, 0) is 31.5 Å². The molecule has 0 amide bonds. The summed E-state index contributed by atoms with van der Waals surface area (Å²) in [5, 5.41) is 18.6. The van der Waals surface area contributed by atoms with Crippen molar-refractivity contribution in [3.63, 3.8) is 0 Å². The van der Waals surface area contributed by atoms with Crippen molar-refractivity contribution in [1.29, 1.82) is 5.26 Å². The van der Waals surface area contributed by atoms with Crippen LogP contribution in [-0.2, 0) is 6.54 Å². The quantitative estimate of drug-likeness (QED) is 0.915. The maximum atomic E-state index is 13.2. The van der Waals surface area contributed by atoms with Crippen molar-refractivity contribution in [3.05, 3.63) is 35.1 Å². The molecule has 0 aliphatic carbocycles. The summed E-state index contributed by atoms with van der Waals surface area (Å²) in [4.78, 5) is 4.55. The summed E-state index contributed by atoms with van der Waals surface area (Å²) in [6.45, 7) is 7.97. The van der Waals surface area contributed by atoms with Gasteiger partial charge in [-0.2, -0.15) is 5.26 Å². The van der Waals surface area contributed by atoms with Gasteiger partial charge in [0.1, 0.15) is 5.82 Å². The Morgan fingerprint density at radius 2 is 2.24 bits per heavy atom. The molecule has 0 bridgehead atoms. The maximum absolute atomic E-state index is 13.2. The summed E-state index contributed by atoms with van der Waals surface area (Å²) in [5.41, 5.74) is 1.28. The van der Waals surface area contributed by atoms with Gasteiger partial charge in [-0.1, -0.05) is 6.07 Å². The molecule has 1 aliphatic heterocycles. The summed E-state index contributed by atoms with van der Waals surface area (Å²) < 4.78 is 13.2. The van der Waals surface area contributed by atoms with Crippen molar-refractivity contribution < 1.29 is 9.50 Å². The maximum Gasteiger partial charge on any atom is 0.124 e. The van der Waals surface area contributed by atoms with Gasteiger partial charge < -0.3 is 5.11 Å². The van der Waals surface area contributed by atoms with Crippen LogP contribution in [0.4, 0.5) is 4.39 Å². The first-order valence-corrected chi connectivity index (χ1v) is 7.32. The topological polar surface area (TPSA) is 50.5 Å². The number of benzene rings is 1. The molecule has 1 N–H and O–H groups in total. The number of hydrogen-bond acceptors (Lipinski definition) is 4. The number of β-amino-alcohol motifs (C(OH)–C–C–N with tert-alkyl or cyclic N) is 1. The number of nitriles is 1. The average Bonchev–Trinajstić information content (AvgIpc) is 2.43. The van der Waals surface area contributed by atoms with Crippen molar-refractivity contribution in [1.82, 2.24) is 9.80 Å². The lowest BCUT2D eigenvalue weighted by Crippen LogP contribution is -2.53. The second-order valence-corrected chi connectivity index (χ2v) is 5.84. The molecule has 1 fully saturated rings. The number of halogens is 1. The molecule has 2 unspecified atom stereocenters. The third kappa shape index (κ3) is 4.24. The molecule has 0 aromatic heterocycles. The fraction of sp³-hybridized carbons (Fsp3) is 0.562. The van der Waals surface area contributed by atoms with E-state index in [-0.39, 0.29) is 11.9 Å². The van der Waals surface area contributed by atoms with Crippen molar-refractivity contribution in [2.75, 3.05) is 26.2 Å². The van der Waals surface area contributed by atoms with Gasteiger partial charge in [0, 0.05) is 38.8 Å². The molecule has 114 valence electrons. The molecular formula is C16H22FN3O. The Morgan fingerprint density at radius 1 is 1.48 bits per heavy atom. The summed E-state index contributed by atoms with van der Waals surface area (Å²) in [5.74, 6) is -0.370. The van der Waals surface area contributed by atoms with Gasteiger partial charge in [0.2, 0.25) is 0 Å². The Hall–Kier alpha value is -1.48. The molecule has 1 aromatic carbocycles. The Bertz CT molecular complexity index is 527. The van der Waals surface area contributed by atoms with Crippen LogP contribution < -0.4 is 0 Å². The van der Waals surface area contributed by atoms with Crippen molar-refractivity contribution in [2.45, 2.75) is 32.5 Å². The second-order valence-electron chi connectivity index (χ2n) is 5.84. The van der Waals surface area contributed by atoms with E-state index in [0.29, 0.717) is 24.7 Å². The Balaban J connectivity index is 1.98. The van der Waals surface area contributed by atoms with Crippen LogP contribution in [0.25, 0.3) is 0 Å². The van der Waals surface area contributed by atoms with Gasteiger partial charge in [0.05, 0.1) is 17.7 Å². The summed E-state index contributed by atoms with van der Waals surface area (Å²) in [6, 6.07) is 6.82. The lowest BCUT2D eigenvalue weighted by molar-refractivity contribution is 0.0422. The van der Waals surface area contributed by atoms with E-state index in [1.165, 1.54) is 12.1 Å². The summed E-state index contributed by atoms with van der Waals surface area (Å²) in [7, 11) is 0. The fourth-order valence-corrected chi connectivity index (χ4v) is 2.86. The van der Waals surface area contributed by atoms with Gasteiger partial charge in [-0.25, -0.2) is 4.39 Å². The van der Waals surface area contributed by atoms with Crippen LogP contribution in [0.15, 0.2) is 18.2 Å². The molecule has 4 nitrogen and oxygen atoms in total. The van der Waals surface area contributed by atoms with Gasteiger partial charge in [-0.3, -0.25) is 9.80 Å². The molecule has 5 heteroatoms. The monoisotopic (exact) mass is 291 g/mol. The highest BCUT2D eigenvalue weighted by molar-refractivity contribution is 5.37. The van der Waals surface area contributed by atoms with Crippen LogP contribution in [-0.4, -0.2) is 53.2 Å². The highest BCUT2D eigenvalue weighted by Crippen LogP contribution is 2.17. The molecule has 1 heterocycles. The normalized spacial score (nSPS) is 22.0. The van der Waals surface area contributed by atoms with Crippen LogP contribution in [0.1, 0.15) is 25.0 Å². The van der Waals surface area contributed by atoms with E-state index in [2.05, 4.69) is 22.8 Å². The third-order valence-corrected chi connectivity index (χ3v) is 3.93. The zero-order valence-electron chi connectivity index (χ0n) is 12.6. The van der Waals surface area contributed by atoms with Gasteiger partial charge in [0.25, 0.3) is 0 Å². The zero-order chi connectivity index (χ0) is 15.4. The van der Waals surface area contributed by atoms with Gasteiger partial charge >= 0.3 is 0 Å². The van der Waals surface area contributed by atoms with Crippen molar-refractivity contribution >= 4 is 0 Å². The lowest BCUT2D eigenvalue weighted by atomic mass is 10.1. The number of aliphatic hydroxyl groups is 1. The van der Waals surface area contributed by atoms with E-state index in [9.17, 15) is 9.50 Å². The minimum Gasteiger partial charge on any atom is -0.392 e. The van der Waals surface area contributed by atoms with Gasteiger partial charge in [-0.15, -0.1) is 0 Å². The minimum absolute atomic E-state index is 0.318. The van der Waals surface area contributed by atoms with E-state index in [4.69, 9.17) is 5.26 Å². The SMILES string of the molecule is CC(O)CN1CCN(Cc2ccc(F)cc2C#N)CC1C. The van der Waals surface area contributed by atoms with Crippen LogP contribution in [0.3, 0.4) is 0 Å². The lowest BCUT2D eigenvalue weighted by Gasteiger charge is -2.40. The van der Waals surface area contributed by atoms with E-state index >= 15 is 0 Å². The van der Waals surface area contributed by atoms with Crippen LogP contribution in [0, 0.1) is 17.1 Å². The highest BCUT2D eigenvalue weighted by Gasteiger charge is 2.24. The molecule has 1 aromatic rings. The van der Waals surface area contributed by atoms with Crippen LogP contribution in [0.2, 0.25) is 0 Å². The number of hydrogen-bond donors (Lipinski definition) is 1. The van der Waals surface area contributed by atoms with E-state index in [0.717, 1.165) is 25.2 Å². The van der Waals surface area contributed by atoms with E-state index < -0.39 is 0 Å². The molecule has 1 saturated heterocycles. The number of nitrogens with zero attached hydrogens (tertiary/aromatic N) is 3. The molecule has 2 atom stereocenters. The van der Waals surface area contributed by atoms with E-state index in [1.807, 2.05) is 0 Å². The van der Waals surface area contributed by atoms with Crippen molar-refractivity contribution in [3.8, 4) is 6.07 Å². The first-order valence-electron chi connectivity index (χ1n) is 7.32. The molecule has 0 radical (unpaired) electrons. The average molecular weight is 291 g/mol. The summed E-state index contributed by atoms with van der Waals surface area (Å²) in [6.07, 6.45) is -0.318. The van der Waals surface area contributed by atoms with E-state index in [1.54, 1.807) is 13.0 Å². The van der Waals surface area contributed by atoms with Crippen molar-refractivity contribution in [2.24, 2.45) is 0 Å². The molecule has 0 saturated carbocycles. The number of rotatable bonds is 4. The Labute approximate surface area is 125 Å². The Kier molecular flexibility index (Phi) is 5.29. The predicted molar refractivity (Wildman–Crippen MR) is 79.1 cm³/mol. The van der Waals surface area contributed by atoms with Gasteiger partial charge in [0.15, 0.2) is 0 Å². The first kappa shape index (κ1) is 15.9. The molecule has 1 aliphatic rings.